The fourth-order valence-electron chi connectivity index (χ4n) is 2.26. The highest BCUT2D eigenvalue weighted by atomic mass is 16.4. The van der Waals surface area contributed by atoms with E-state index in [4.69, 9.17) is 5.11 Å². The Balaban J connectivity index is 2.77. The molecule has 21 heavy (non-hydrogen) atoms. The largest absolute Gasteiger partial charge is 0.481 e. The van der Waals surface area contributed by atoms with Gasteiger partial charge in [0, 0.05) is 6.04 Å². The fraction of sp³-hybridized carbons (Fsp3) is 0.588. The molecule has 118 valence electrons. The number of carboxylic acid groups (broad SMARTS) is 1. The van der Waals surface area contributed by atoms with Crippen LogP contribution in [0.3, 0.4) is 0 Å². The number of unbranched alkanes of at least 4 members (excludes halogenated alkanes) is 1. The molecule has 1 rings (SSSR count). The van der Waals surface area contributed by atoms with Gasteiger partial charge < -0.3 is 15.5 Å². The van der Waals surface area contributed by atoms with Crippen molar-refractivity contribution in [1.29, 1.82) is 0 Å². The summed E-state index contributed by atoms with van der Waals surface area (Å²) in [5.74, 6) is -0.462. The van der Waals surface area contributed by atoms with E-state index in [1.165, 1.54) is 5.56 Å². The van der Waals surface area contributed by atoms with Gasteiger partial charge in [0.15, 0.2) is 0 Å². The monoisotopic (exact) mass is 293 g/mol. The maximum absolute atomic E-state index is 11.0. The number of hydrogen-bond acceptors (Lipinski definition) is 3. The van der Waals surface area contributed by atoms with E-state index in [2.05, 4.69) is 26.1 Å². The molecule has 0 aliphatic heterocycles. The van der Waals surface area contributed by atoms with E-state index in [-0.39, 0.29) is 6.42 Å². The van der Waals surface area contributed by atoms with Crippen molar-refractivity contribution in [2.45, 2.75) is 58.1 Å². The molecular weight excluding hydrogens is 266 g/mol. The molecule has 3 N–H and O–H groups in total. The zero-order chi connectivity index (χ0) is 15.8. The number of carboxylic acids is 1. The van der Waals surface area contributed by atoms with Crippen molar-refractivity contribution in [3.63, 3.8) is 0 Å². The van der Waals surface area contributed by atoms with Crippen LogP contribution >= 0.6 is 0 Å². The summed E-state index contributed by atoms with van der Waals surface area (Å²) in [5.41, 5.74) is 1.97. The lowest BCUT2D eigenvalue weighted by molar-refractivity contribution is -0.138. The normalized spacial score (nSPS) is 14.1. The Labute approximate surface area is 127 Å². The number of aliphatic carboxylic acids is 1. The smallest absolute Gasteiger partial charge is 0.305 e. The standard InChI is InChI=1S/C17H27NO3/c1-4-5-10-18-15(11-16(19)20)17(21)14-8-6-13(7-9-14)12(2)3/h6-9,12,15,17-18,21H,4-5,10-11H2,1-3H3,(H,19,20). The summed E-state index contributed by atoms with van der Waals surface area (Å²) < 4.78 is 0. The van der Waals surface area contributed by atoms with Crippen molar-refractivity contribution in [2.24, 2.45) is 0 Å². The lowest BCUT2D eigenvalue weighted by Crippen LogP contribution is -2.37. The Hall–Kier alpha value is -1.39. The van der Waals surface area contributed by atoms with E-state index in [0.717, 1.165) is 24.9 Å². The van der Waals surface area contributed by atoms with Crippen LogP contribution in [-0.2, 0) is 4.79 Å². The summed E-state index contributed by atoms with van der Waals surface area (Å²) in [6, 6.07) is 7.30. The van der Waals surface area contributed by atoms with E-state index in [1.807, 2.05) is 24.3 Å². The Morgan fingerprint density at radius 1 is 1.19 bits per heavy atom. The fourth-order valence-corrected chi connectivity index (χ4v) is 2.26. The van der Waals surface area contributed by atoms with Crippen molar-refractivity contribution in [3.8, 4) is 0 Å². The SMILES string of the molecule is CCCCNC(CC(=O)O)C(O)c1ccc(C(C)C)cc1. The minimum atomic E-state index is -0.901. The predicted octanol–water partition coefficient (Wildman–Crippen LogP) is 3.08. The van der Waals surface area contributed by atoms with Gasteiger partial charge in [-0.1, -0.05) is 51.5 Å². The highest BCUT2D eigenvalue weighted by Gasteiger charge is 2.23. The Morgan fingerprint density at radius 3 is 2.24 bits per heavy atom. The maximum atomic E-state index is 11.0. The van der Waals surface area contributed by atoms with Crippen LogP contribution in [0.15, 0.2) is 24.3 Å². The third kappa shape index (κ3) is 5.86. The van der Waals surface area contributed by atoms with Crippen LogP contribution in [0.1, 0.15) is 63.2 Å². The van der Waals surface area contributed by atoms with Crippen LogP contribution in [0.5, 0.6) is 0 Å². The molecular formula is C17H27NO3. The number of aliphatic hydroxyl groups is 1. The molecule has 4 heteroatoms. The van der Waals surface area contributed by atoms with Crippen molar-refractivity contribution < 1.29 is 15.0 Å². The van der Waals surface area contributed by atoms with Crippen LogP contribution in [0, 0.1) is 0 Å². The second-order valence-corrected chi connectivity index (χ2v) is 5.78. The molecule has 0 saturated carbocycles. The third-order valence-corrected chi connectivity index (χ3v) is 3.66. The van der Waals surface area contributed by atoms with E-state index < -0.39 is 18.1 Å². The van der Waals surface area contributed by atoms with Gasteiger partial charge in [0.25, 0.3) is 0 Å². The van der Waals surface area contributed by atoms with Crippen molar-refractivity contribution in [1.82, 2.24) is 5.32 Å². The Kier molecular flexibility index (Phi) is 7.40. The molecule has 1 aromatic rings. The van der Waals surface area contributed by atoms with Crippen LogP contribution in [0.25, 0.3) is 0 Å². The highest BCUT2D eigenvalue weighted by molar-refractivity contribution is 5.67. The van der Waals surface area contributed by atoms with Gasteiger partial charge in [-0.25, -0.2) is 0 Å². The lowest BCUT2D eigenvalue weighted by Gasteiger charge is -2.23. The van der Waals surface area contributed by atoms with Crippen molar-refractivity contribution >= 4 is 5.97 Å². The molecule has 0 saturated heterocycles. The predicted molar refractivity (Wildman–Crippen MR) is 84.4 cm³/mol. The van der Waals surface area contributed by atoms with E-state index in [9.17, 15) is 9.90 Å². The summed E-state index contributed by atoms with van der Waals surface area (Å²) >= 11 is 0. The van der Waals surface area contributed by atoms with E-state index >= 15 is 0 Å². The third-order valence-electron chi connectivity index (χ3n) is 3.66. The molecule has 0 aliphatic rings. The zero-order valence-electron chi connectivity index (χ0n) is 13.2. The molecule has 0 aliphatic carbocycles. The van der Waals surface area contributed by atoms with Crippen molar-refractivity contribution in [2.75, 3.05) is 6.54 Å². The van der Waals surface area contributed by atoms with Gasteiger partial charge in [0.1, 0.15) is 0 Å². The minimum Gasteiger partial charge on any atom is -0.481 e. The van der Waals surface area contributed by atoms with Gasteiger partial charge in [-0.05, 0) is 30.0 Å². The van der Waals surface area contributed by atoms with Gasteiger partial charge in [-0.15, -0.1) is 0 Å². The Bertz CT molecular complexity index is 428. The molecule has 2 unspecified atom stereocenters. The van der Waals surface area contributed by atoms with E-state index in [1.54, 1.807) is 0 Å². The summed E-state index contributed by atoms with van der Waals surface area (Å²) in [7, 11) is 0. The summed E-state index contributed by atoms with van der Waals surface area (Å²) in [4.78, 5) is 11.0. The number of carbonyl (C=O) groups is 1. The maximum Gasteiger partial charge on any atom is 0.305 e. The van der Waals surface area contributed by atoms with Crippen LogP contribution in [-0.4, -0.2) is 28.8 Å². The molecule has 2 atom stereocenters. The molecule has 0 radical (unpaired) electrons. The molecule has 0 amide bonds. The van der Waals surface area contributed by atoms with Crippen molar-refractivity contribution in [3.05, 3.63) is 35.4 Å². The molecule has 0 heterocycles. The second-order valence-electron chi connectivity index (χ2n) is 5.78. The first-order chi connectivity index (χ1) is 9.95. The topological polar surface area (TPSA) is 69.6 Å². The van der Waals surface area contributed by atoms with Crippen LogP contribution in [0.4, 0.5) is 0 Å². The molecule has 0 aromatic heterocycles. The number of hydrogen-bond donors (Lipinski definition) is 3. The molecule has 1 aromatic carbocycles. The van der Waals surface area contributed by atoms with Gasteiger partial charge in [0.2, 0.25) is 0 Å². The lowest BCUT2D eigenvalue weighted by atomic mass is 9.96. The number of nitrogens with one attached hydrogen (secondary N) is 1. The van der Waals surface area contributed by atoms with Crippen LogP contribution < -0.4 is 5.32 Å². The van der Waals surface area contributed by atoms with E-state index in [0.29, 0.717) is 5.92 Å². The first-order valence-corrected chi connectivity index (χ1v) is 7.68. The highest BCUT2D eigenvalue weighted by Crippen LogP contribution is 2.22. The summed E-state index contributed by atoms with van der Waals surface area (Å²) in [6.45, 7) is 7.03. The van der Waals surface area contributed by atoms with Gasteiger partial charge >= 0.3 is 5.97 Å². The Morgan fingerprint density at radius 2 is 1.76 bits per heavy atom. The zero-order valence-corrected chi connectivity index (χ0v) is 13.2. The average Bonchev–Trinajstić information content (AvgIpc) is 2.45. The first kappa shape index (κ1) is 17.7. The van der Waals surface area contributed by atoms with Gasteiger partial charge in [-0.3, -0.25) is 4.79 Å². The average molecular weight is 293 g/mol. The molecule has 0 fully saturated rings. The molecule has 0 spiro atoms. The second kappa shape index (κ2) is 8.80. The summed E-state index contributed by atoms with van der Waals surface area (Å²) in [5, 5.41) is 22.6. The molecule has 0 bridgehead atoms. The number of benzene rings is 1. The summed E-state index contributed by atoms with van der Waals surface area (Å²) in [6.07, 6.45) is 1.11. The first-order valence-electron chi connectivity index (χ1n) is 7.68. The minimum absolute atomic E-state index is 0.0865. The van der Waals surface area contributed by atoms with Gasteiger partial charge in [0.05, 0.1) is 12.5 Å². The van der Waals surface area contributed by atoms with Crippen LogP contribution in [0.2, 0.25) is 0 Å². The molecule has 4 nitrogen and oxygen atoms in total. The quantitative estimate of drug-likeness (QED) is 0.612. The number of aliphatic hydroxyl groups excluding tert-OH is 1. The number of rotatable bonds is 9. The van der Waals surface area contributed by atoms with Gasteiger partial charge in [-0.2, -0.15) is 0 Å².